The molecule has 0 aliphatic heterocycles. The zero-order valence-corrected chi connectivity index (χ0v) is 28.1. The van der Waals surface area contributed by atoms with Gasteiger partial charge in [-0.05, 0) is 46.4 Å². The number of benzene rings is 3. The Morgan fingerprint density at radius 1 is 0.860 bits per heavy atom. The van der Waals surface area contributed by atoms with Gasteiger partial charge in [0.25, 0.3) is 0 Å². The third-order valence-corrected chi connectivity index (χ3v) is 12.9. The Morgan fingerprint density at radius 2 is 1.30 bits per heavy atom. The maximum atomic E-state index is 12.9. The Hall–Kier alpha value is -3.13. The van der Waals surface area contributed by atoms with Crippen LogP contribution in [0, 0.1) is 11.8 Å². The molecule has 230 valence electrons. The Bertz CT molecular complexity index is 1230. The molecule has 0 amide bonds. The van der Waals surface area contributed by atoms with E-state index in [2.05, 4.69) is 92.4 Å². The van der Waals surface area contributed by atoms with Crippen molar-refractivity contribution in [1.82, 2.24) is 0 Å². The largest absolute Gasteiger partial charge is 0.481 e. The quantitative estimate of drug-likeness (QED) is 0.0591. The molecule has 3 unspecified atom stereocenters. The summed E-state index contributed by atoms with van der Waals surface area (Å²) in [6, 6.07) is 30.8. The Morgan fingerprint density at radius 3 is 1.67 bits per heavy atom. The zero-order chi connectivity index (χ0) is 31.6. The lowest BCUT2D eigenvalue weighted by atomic mass is 9.84. The van der Waals surface area contributed by atoms with Crippen molar-refractivity contribution < 1.29 is 19.4 Å². The molecule has 4 atom stereocenters. The predicted molar refractivity (Wildman–Crippen MR) is 182 cm³/mol. The van der Waals surface area contributed by atoms with Gasteiger partial charge in [-0.25, -0.2) is 0 Å². The summed E-state index contributed by atoms with van der Waals surface area (Å²) in [5.41, 5.74) is 9.53. The van der Waals surface area contributed by atoms with E-state index in [1.807, 2.05) is 56.8 Å². The first-order valence-corrected chi connectivity index (χ1v) is 19.6. The number of hydrogen-bond donors (Lipinski definition) is 2. The Kier molecular flexibility index (Phi) is 12.4. The zero-order valence-electron chi connectivity index (χ0n) is 26.3. The molecule has 0 aromatic heterocycles. The van der Waals surface area contributed by atoms with Gasteiger partial charge in [0.15, 0.2) is 0 Å². The maximum absolute atomic E-state index is 12.9. The highest BCUT2D eigenvalue weighted by atomic mass is 32.2. The fourth-order valence-corrected chi connectivity index (χ4v) is 8.05. The number of carbonyl (C=O) groups excluding carboxylic acids is 1. The Labute approximate surface area is 262 Å². The van der Waals surface area contributed by atoms with Crippen LogP contribution in [0.4, 0.5) is 0 Å². The highest BCUT2D eigenvalue weighted by molar-refractivity contribution is 8.00. The summed E-state index contributed by atoms with van der Waals surface area (Å²) >= 11 is 1.84. The molecule has 0 radical (unpaired) electrons. The molecule has 0 spiro atoms. The lowest BCUT2D eigenvalue weighted by Gasteiger charge is -2.35. The molecule has 0 aliphatic rings. The molecule has 3 aromatic rings. The van der Waals surface area contributed by atoms with Crippen LogP contribution >= 0.6 is 11.8 Å². The smallest absolute Gasteiger partial charge is 0.323 e. The summed E-state index contributed by atoms with van der Waals surface area (Å²) in [7, 11) is -1.88. The molecule has 0 saturated carbocycles. The van der Waals surface area contributed by atoms with Crippen molar-refractivity contribution in [3.63, 3.8) is 0 Å². The minimum absolute atomic E-state index is 0.117. The number of carboxylic acid groups (broad SMARTS) is 1. The summed E-state index contributed by atoms with van der Waals surface area (Å²) in [5.74, 6) is -1.74. The van der Waals surface area contributed by atoms with Crippen molar-refractivity contribution >= 4 is 31.8 Å². The summed E-state index contributed by atoms with van der Waals surface area (Å²) in [4.78, 5) is 25.5. The topological polar surface area (TPSA) is 89.6 Å². The van der Waals surface area contributed by atoms with Gasteiger partial charge in [0.05, 0.1) is 10.7 Å². The van der Waals surface area contributed by atoms with E-state index >= 15 is 0 Å². The van der Waals surface area contributed by atoms with Gasteiger partial charge in [0, 0.05) is 8.07 Å². The standard InChI is InChI=1S/C36H47NO4SSi/c1-26(2)33(37)35(40)41-31(32(34(38)39)27(3)43(4,5)6)24-16-17-25-42-36(28-18-10-7-11-19-28,29-20-12-8-13-21-29)30-22-14-9-15-23-30/h7-16,18-24,26-27,31-33H,17,25,37H2,1-6H3,(H,38,39)/b24-16+/t27?,31?,32?,33-/m0/s1. The molecule has 0 aliphatic carbocycles. The van der Waals surface area contributed by atoms with Gasteiger partial charge in [-0.15, -0.1) is 11.8 Å². The second-order valence-corrected chi connectivity index (χ2v) is 19.5. The van der Waals surface area contributed by atoms with Crippen molar-refractivity contribution in [3.05, 3.63) is 120 Å². The summed E-state index contributed by atoms with van der Waals surface area (Å²) in [6.07, 6.45) is 3.50. The van der Waals surface area contributed by atoms with Crippen molar-refractivity contribution in [2.45, 2.75) is 69.3 Å². The van der Waals surface area contributed by atoms with Gasteiger partial charge in [-0.2, -0.15) is 0 Å². The highest BCUT2D eigenvalue weighted by Crippen LogP contribution is 2.48. The monoisotopic (exact) mass is 617 g/mol. The van der Waals surface area contributed by atoms with E-state index in [4.69, 9.17) is 10.5 Å². The molecule has 3 rings (SSSR count). The van der Waals surface area contributed by atoms with Crippen molar-refractivity contribution in [2.75, 3.05) is 5.75 Å². The molecular formula is C36H47NO4SSi. The molecule has 3 N–H and O–H groups in total. The number of nitrogens with two attached hydrogens (primary N) is 1. The van der Waals surface area contributed by atoms with Crippen LogP contribution in [0.3, 0.4) is 0 Å². The Balaban J connectivity index is 1.93. The lowest BCUT2D eigenvalue weighted by molar-refractivity contribution is -0.157. The SMILES string of the molecule is CC(C)[C@H](N)C(=O)OC(/C=C/CCSC(c1ccccc1)(c1ccccc1)c1ccccc1)C(C(=O)O)C(C)[Si](C)(C)C. The number of allylic oxidation sites excluding steroid dienone is 1. The van der Waals surface area contributed by atoms with E-state index in [-0.39, 0.29) is 11.5 Å². The average molecular weight is 618 g/mol. The number of rotatable bonds is 15. The van der Waals surface area contributed by atoms with Crippen LogP contribution < -0.4 is 5.73 Å². The number of ether oxygens (including phenoxy) is 1. The van der Waals surface area contributed by atoms with Crippen LogP contribution in [0.1, 0.15) is 43.9 Å². The second kappa shape index (κ2) is 15.5. The summed E-state index contributed by atoms with van der Waals surface area (Å²) < 4.78 is 5.41. The summed E-state index contributed by atoms with van der Waals surface area (Å²) in [6.45, 7) is 12.1. The fourth-order valence-electron chi connectivity index (χ4n) is 5.17. The number of esters is 1. The molecule has 0 fully saturated rings. The van der Waals surface area contributed by atoms with Crippen LogP contribution in [0.5, 0.6) is 0 Å². The number of hydrogen-bond acceptors (Lipinski definition) is 5. The van der Waals surface area contributed by atoms with Crippen LogP contribution in [0.2, 0.25) is 25.2 Å². The van der Waals surface area contributed by atoms with Crippen molar-refractivity contribution in [3.8, 4) is 0 Å². The molecule has 5 nitrogen and oxygen atoms in total. The molecule has 0 saturated heterocycles. The lowest BCUT2D eigenvalue weighted by Crippen LogP contribution is -2.45. The van der Waals surface area contributed by atoms with Gasteiger partial charge in [0.1, 0.15) is 12.1 Å². The van der Waals surface area contributed by atoms with E-state index in [1.165, 1.54) is 16.7 Å². The van der Waals surface area contributed by atoms with Gasteiger partial charge in [-0.3, -0.25) is 9.59 Å². The van der Waals surface area contributed by atoms with E-state index < -0.39 is 42.8 Å². The summed E-state index contributed by atoms with van der Waals surface area (Å²) in [5, 5.41) is 10.3. The third kappa shape index (κ3) is 8.71. The van der Waals surface area contributed by atoms with Crippen LogP contribution in [0.25, 0.3) is 0 Å². The van der Waals surface area contributed by atoms with E-state index in [9.17, 15) is 14.7 Å². The second-order valence-electron chi connectivity index (χ2n) is 12.5. The van der Waals surface area contributed by atoms with E-state index in [1.54, 1.807) is 6.08 Å². The first-order valence-electron chi connectivity index (χ1n) is 15.1. The molecule has 43 heavy (non-hydrogen) atoms. The fraction of sp³-hybridized carbons (Fsp3) is 0.389. The van der Waals surface area contributed by atoms with Gasteiger partial charge >= 0.3 is 11.9 Å². The molecule has 0 bridgehead atoms. The first-order chi connectivity index (χ1) is 20.4. The minimum Gasteiger partial charge on any atom is -0.481 e. The number of aliphatic carboxylic acids is 1. The first kappa shape index (κ1) is 34.4. The van der Waals surface area contributed by atoms with Crippen LogP contribution in [-0.2, 0) is 19.1 Å². The molecule has 3 aromatic carbocycles. The van der Waals surface area contributed by atoms with Crippen LogP contribution in [0.15, 0.2) is 103 Å². The number of carbonyl (C=O) groups is 2. The van der Waals surface area contributed by atoms with Crippen LogP contribution in [-0.4, -0.2) is 43.0 Å². The van der Waals surface area contributed by atoms with Gasteiger partial charge in [0.2, 0.25) is 0 Å². The van der Waals surface area contributed by atoms with Gasteiger partial charge < -0.3 is 15.6 Å². The number of thioether (sulfide) groups is 1. The van der Waals surface area contributed by atoms with E-state index in [0.29, 0.717) is 6.42 Å². The van der Waals surface area contributed by atoms with Crippen molar-refractivity contribution in [2.24, 2.45) is 17.6 Å². The van der Waals surface area contributed by atoms with Crippen molar-refractivity contribution in [1.29, 1.82) is 0 Å². The molecule has 7 heteroatoms. The highest BCUT2D eigenvalue weighted by Gasteiger charge is 2.41. The predicted octanol–water partition coefficient (Wildman–Crippen LogP) is 7.98. The third-order valence-electron chi connectivity index (χ3n) is 8.26. The maximum Gasteiger partial charge on any atom is 0.323 e. The number of carboxylic acids is 1. The normalized spacial score (nSPS) is 15.2. The van der Waals surface area contributed by atoms with E-state index in [0.717, 1.165) is 5.75 Å². The molecule has 0 heterocycles. The minimum atomic E-state index is -1.88. The average Bonchev–Trinajstić information content (AvgIpc) is 2.99. The van der Waals surface area contributed by atoms with Gasteiger partial charge in [-0.1, -0.05) is 137 Å². The molecular weight excluding hydrogens is 571 g/mol.